The molecule has 0 bridgehead atoms. The molecule has 4 heterocycles. The number of halogens is 1. The number of anilines is 2. The molecule has 38 heavy (non-hydrogen) atoms. The largest absolute Gasteiger partial charge is 0.385 e. The van der Waals surface area contributed by atoms with E-state index in [1.807, 2.05) is 36.7 Å². The number of fused-ring (bicyclic) bond motifs is 2. The molecule has 0 fully saturated rings. The molecule has 1 aliphatic heterocycles. The summed E-state index contributed by atoms with van der Waals surface area (Å²) >= 11 is 0. The summed E-state index contributed by atoms with van der Waals surface area (Å²) in [5.41, 5.74) is 6.60. The van der Waals surface area contributed by atoms with Crippen molar-refractivity contribution in [3.63, 3.8) is 0 Å². The number of carbonyl (C=O) groups excluding carboxylic acids is 1. The van der Waals surface area contributed by atoms with Crippen molar-refractivity contribution in [2.24, 2.45) is 0 Å². The van der Waals surface area contributed by atoms with Crippen LogP contribution in [0.3, 0.4) is 0 Å². The topological polar surface area (TPSA) is 83.8 Å². The Morgan fingerprint density at radius 3 is 2.87 bits per heavy atom. The van der Waals surface area contributed by atoms with E-state index in [1.54, 1.807) is 19.5 Å². The van der Waals surface area contributed by atoms with Gasteiger partial charge in [0.05, 0.1) is 28.8 Å². The average molecular weight is 517 g/mol. The Hall–Kier alpha value is -3.82. The number of aromatic nitrogens is 3. The lowest BCUT2D eigenvalue weighted by atomic mass is 9.94. The van der Waals surface area contributed by atoms with Crippen molar-refractivity contribution >= 4 is 23.1 Å². The van der Waals surface area contributed by atoms with Gasteiger partial charge in [-0.25, -0.2) is 14.4 Å². The van der Waals surface area contributed by atoms with Crippen LogP contribution in [0.15, 0.2) is 48.8 Å². The number of nitrogens with one attached hydrogen (secondary N) is 2. The lowest BCUT2D eigenvalue weighted by molar-refractivity contribution is 0.0966. The molecule has 1 unspecified atom stereocenters. The smallest absolute Gasteiger partial charge is 0.254 e. The van der Waals surface area contributed by atoms with E-state index in [2.05, 4.69) is 33.5 Å². The summed E-state index contributed by atoms with van der Waals surface area (Å²) in [6.45, 7) is 4.09. The number of amides is 1. The third kappa shape index (κ3) is 5.12. The molecule has 2 N–H and O–H groups in total. The molecule has 3 aromatic heterocycles. The minimum atomic E-state index is -0.340. The second kappa shape index (κ2) is 10.9. The number of benzene rings is 1. The maximum absolute atomic E-state index is 13.7. The molecular weight excluding hydrogens is 483 g/mol. The molecule has 0 saturated heterocycles. The third-order valence-corrected chi connectivity index (χ3v) is 6.97. The fraction of sp³-hybridized carbons (Fsp3) is 0.345. The number of imidazole rings is 1. The van der Waals surface area contributed by atoms with Crippen molar-refractivity contribution in [1.29, 1.82) is 0 Å². The molecule has 8 nitrogen and oxygen atoms in total. The van der Waals surface area contributed by atoms with E-state index in [-0.39, 0.29) is 11.7 Å². The Morgan fingerprint density at radius 1 is 1.24 bits per heavy atom. The Labute approximate surface area is 221 Å². The maximum Gasteiger partial charge on any atom is 0.254 e. The van der Waals surface area contributed by atoms with Crippen LogP contribution >= 0.6 is 0 Å². The molecule has 4 aromatic rings. The van der Waals surface area contributed by atoms with Crippen LogP contribution < -0.4 is 10.6 Å². The first-order valence-electron chi connectivity index (χ1n) is 12.8. The summed E-state index contributed by atoms with van der Waals surface area (Å²) < 4.78 is 20.7. The van der Waals surface area contributed by atoms with Gasteiger partial charge in [0.1, 0.15) is 17.3 Å². The van der Waals surface area contributed by atoms with Gasteiger partial charge in [-0.05, 0) is 62.2 Å². The Morgan fingerprint density at radius 2 is 2.08 bits per heavy atom. The summed E-state index contributed by atoms with van der Waals surface area (Å²) in [7, 11) is 5.80. The molecule has 1 aromatic carbocycles. The predicted molar refractivity (Wildman–Crippen MR) is 146 cm³/mol. The summed E-state index contributed by atoms with van der Waals surface area (Å²) in [5.74, 6) is 0.568. The minimum absolute atomic E-state index is 0.138. The zero-order valence-corrected chi connectivity index (χ0v) is 22.2. The number of nitrogens with zero attached hydrogens (tertiary/aromatic N) is 4. The van der Waals surface area contributed by atoms with Crippen LogP contribution in [0.1, 0.15) is 52.9 Å². The van der Waals surface area contributed by atoms with Gasteiger partial charge in [-0.3, -0.25) is 9.20 Å². The number of pyridine rings is 2. The van der Waals surface area contributed by atoms with Gasteiger partial charge in [-0.15, -0.1) is 0 Å². The van der Waals surface area contributed by atoms with E-state index < -0.39 is 0 Å². The van der Waals surface area contributed by atoms with E-state index in [0.29, 0.717) is 41.7 Å². The van der Waals surface area contributed by atoms with Crippen molar-refractivity contribution in [2.45, 2.75) is 38.8 Å². The molecule has 0 spiro atoms. The minimum Gasteiger partial charge on any atom is -0.385 e. The lowest BCUT2D eigenvalue weighted by Gasteiger charge is -2.20. The number of rotatable bonds is 10. The first-order chi connectivity index (χ1) is 18.4. The van der Waals surface area contributed by atoms with Crippen LogP contribution in [0.5, 0.6) is 0 Å². The molecule has 1 atom stereocenters. The zero-order chi connectivity index (χ0) is 26.8. The summed E-state index contributed by atoms with van der Waals surface area (Å²) in [6.07, 6.45) is 5.38. The standard InChI is InChI=1S/C29H33FN6O2/c1-18(6-5-13-38-4)20-8-10-26(34-24(20)17-35(2)3)33-23-9-7-21(22-15-32-29(37)28(22)23)25-16-31-27-14-19(30)11-12-36(25)27/h7-12,14,16,18H,5-6,13,15,17H2,1-4H3,(H,32,37)(H,33,34). The number of carbonyl (C=O) groups is 1. The molecule has 0 aliphatic carbocycles. The van der Waals surface area contributed by atoms with Crippen LogP contribution in [0.25, 0.3) is 16.9 Å². The van der Waals surface area contributed by atoms with Gasteiger partial charge in [0, 0.05) is 44.6 Å². The van der Waals surface area contributed by atoms with Gasteiger partial charge >= 0.3 is 0 Å². The van der Waals surface area contributed by atoms with Crippen LogP contribution in [-0.2, 0) is 17.8 Å². The van der Waals surface area contributed by atoms with Gasteiger partial charge in [0.25, 0.3) is 5.91 Å². The van der Waals surface area contributed by atoms with E-state index in [4.69, 9.17) is 9.72 Å². The maximum atomic E-state index is 13.7. The zero-order valence-electron chi connectivity index (χ0n) is 22.2. The van der Waals surface area contributed by atoms with Crippen LogP contribution in [-0.4, -0.2) is 53.0 Å². The van der Waals surface area contributed by atoms with Gasteiger partial charge in [0.2, 0.25) is 0 Å². The molecule has 9 heteroatoms. The predicted octanol–water partition coefficient (Wildman–Crippen LogP) is 5.11. The SMILES string of the molecule is COCCCC(C)c1ccc(Nc2ccc(-c3cnc4cc(F)ccn34)c3c2C(=O)NC3)nc1CN(C)C. The number of hydrogen-bond donors (Lipinski definition) is 2. The molecule has 1 aliphatic rings. The van der Waals surface area contributed by atoms with Gasteiger partial charge < -0.3 is 20.3 Å². The van der Waals surface area contributed by atoms with Crippen molar-refractivity contribution in [3.05, 3.63) is 77.0 Å². The summed E-state index contributed by atoms with van der Waals surface area (Å²) in [6, 6.07) is 10.8. The molecule has 198 valence electrons. The van der Waals surface area contributed by atoms with Crippen molar-refractivity contribution in [3.8, 4) is 11.3 Å². The number of hydrogen-bond acceptors (Lipinski definition) is 6. The van der Waals surface area contributed by atoms with Gasteiger partial charge in [0.15, 0.2) is 0 Å². The Balaban J connectivity index is 1.48. The average Bonchev–Trinajstić information content (AvgIpc) is 3.48. The number of methoxy groups -OCH3 is 1. The first-order valence-corrected chi connectivity index (χ1v) is 12.8. The molecule has 0 saturated carbocycles. The lowest BCUT2D eigenvalue weighted by Crippen LogP contribution is -2.16. The van der Waals surface area contributed by atoms with Crippen molar-refractivity contribution < 1.29 is 13.9 Å². The highest BCUT2D eigenvalue weighted by molar-refractivity contribution is 6.06. The van der Waals surface area contributed by atoms with Crippen molar-refractivity contribution in [1.82, 2.24) is 24.6 Å². The van der Waals surface area contributed by atoms with E-state index in [1.165, 1.54) is 17.7 Å². The third-order valence-electron chi connectivity index (χ3n) is 6.97. The van der Waals surface area contributed by atoms with Crippen LogP contribution in [0.2, 0.25) is 0 Å². The Kier molecular flexibility index (Phi) is 7.40. The number of ether oxygens (including phenoxy) is 1. The highest BCUT2D eigenvalue weighted by Crippen LogP contribution is 2.36. The van der Waals surface area contributed by atoms with E-state index in [9.17, 15) is 9.18 Å². The van der Waals surface area contributed by atoms with E-state index >= 15 is 0 Å². The van der Waals surface area contributed by atoms with Crippen LogP contribution in [0.4, 0.5) is 15.9 Å². The summed E-state index contributed by atoms with van der Waals surface area (Å²) in [5, 5.41) is 6.35. The molecule has 0 radical (unpaired) electrons. The highest BCUT2D eigenvalue weighted by atomic mass is 19.1. The fourth-order valence-corrected chi connectivity index (χ4v) is 5.13. The first kappa shape index (κ1) is 25.8. The van der Waals surface area contributed by atoms with Gasteiger partial charge in [-0.1, -0.05) is 19.1 Å². The second-order valence-corrected chi connectivity index (χ2v) is 10.0. The summed E-state index contributed by atoms with van der Waals surface area (Å²) in [4.78, 5) is 24.4. The quantitative estimate of drug-likeness (QED) is 0.285. The van der Waals surface area contributed by atoms with Crippen LogP contribution in [0, 0.1) is 5.82 Å². The normalized spacial score (nSPS) is 13.7. The monoisotopic (exact) mass is 516 g/mol. The van der Waals surface area contributed by atoms with Crippen molar-refractivity contribution in [2.75, 3.05) is 33.1 Å². The van der Waals surface area contributed by atoms with E-state index in [0.717, 1.165) is 42.0 Å². The fourth-order valence-electron chi connectivity index (χ4n) is 5.13. The highest BCUT2D eigenvalue weighted by Gasteiger charge is 2.27. The molecular formula is C29H33FN6O2. The molecule has 5 rings (SSSR count). The Bertz CT molecular complexity index is 1480. The second-order valence-electron chi connectivity index (χ2n) is 10.0. The van der Waals surface area contributed by atoms with Gasteiger partial charge in [-0.2, -0.15) is 0 Å². The molecule has 1 amide bonds.